The fourth-order valence-corrected chi connectivity index (χ4v) is 1.69. The summed E-state index contributed by atoms with van der Waals surface area (Å²) in [6.45, 7) is 6.09. The van der Waals surface area contributed by atoms with Gasteiger partial charge in [-0.3, -0.25) is 0 Å². The molecule has 0 aliphatic carbocycles. The van der Waals surface area contributed by atoms with Gasteiger partial charge in [0.25, 0.3) is 0 Å². The van der Waals surface area contributed by atoms with Crippen molar-refractivity contribution in [2.75, 3.05) is 17.3 Å². The molecule has 1 atom stereocenters. The van der Waals surface area contributed by atoms with E-state index in [4.69, 9.17) is 5.84 Å². The summed E-state index contributed by atoms with van der Waals surface area (Å²) in [6, 6.07) is 0.681. The van der Waals surface area contributed by atoms with Crippen LogP contribution in [0.2, 0.25) is 0 Å². The lowest BCUT2D eigenvalue weighted by Crippen LogP contribution is -2.26. The molecule has 0 saturated carbocycles. The third kappa shape index (κ3) is 4.96. The van der Waals surface area contributed by atoms with E-state index < -0.39 is 17.7 Å². The monoisotopic (exact) mass is 274 g/mol. The van der Waals surface area contributed by atoms with Crippen LogP contribution in [-0.4, -0.2) is 22.7 Å². The molecular formula is C12H20F2N4O. The van der Waals surface area contributed by atoms with Crippen molar-refractivity contribution in [3.05, 3.63) is 17.7 Å². The lowest BCUT2D eigenvalue weighted by molar-refractivity contribution is 0.132. The number of nitrogens with two attached hydrogens (primary N) is 1. The summed E-state index contributed by atoms with van der Waals surface area (Å²) < 4.78 is 26.6. The Morgan fingerprint density at radius 2 is 1.89 bits per heavy atom. The number of pyridine rings is 1. The summed E-state index contributed by atoms with van der Waals surface area (Å²) in [5.74, 6) is 2.94. The number of aromatic nitrogens is 1. The van der Waals surface area contributed by atoms with E-state index >= 15 is 0 Å². The molecule has 1 aromatic rings. The van der Waals surface area contributed by atoms with Crippen molar-refractivity contribution in [3.63, 3.8) is 0 Å². The van der Waals surface area contributed by atoms with E-state index in [0.717, 1.165) is 0 Å². The highest BCUT2D eigenvalue weighted by atomic mass is 19.1. The molecule has 1 unspecified atom stereocenters. The van der Waals surface area contributed by atoms with Gasteiger partial charge in [0.05, 0.1) is 6.10 Å². The number of nitrogen functional groups attached to an aromatic ring is 1. The second-order valence-electron chi connectivity index (χ2n) is 5.59. The average Bonchev–Trinajstić information content (AvgIpc) is 2.25. The van der Waals surface area contributed by atoms with Crippen LogP contribution in [0.5, 0.6) is 0 Å². The van der Waals surface area contributed by atoms with Gasteiger partial charge in [-0.05, 0) is 11.8 Å². The van der Waals surface area contributed by atoms with E-state index in [1.165, 1.54) is 0 Å². The number of aliphatic hydroxyl groups excluding tert-OH is 1. The molecule has 19 heavy (non-hydrogen) atoms. The third-order valence-corrected chi connectivity index (χ3v) is 2.42. The van der Waals surface area contributed by atoms with Crippen molar-refractivity contribution in [1.29, 1.82) is 0 Å². The van der Waals surface area contributed by atoms with Crippen LogP contribution in [0.3, 0.4) is 0 Å². The summed E-state index contributed by atoms with van der Waals surface area (Å²) >= 11 is 0. The normalized spacial score (nSPS) is 13.2. The minimum Gasteiger partial charge on any atom is -0.391 e. The number of hydrogen-bond donors (Lipinski definition) is 4. The highest BCUT2D eigenvalue weighted by molar-refractivity contribution is 5.46. The average molecular weight is 274 g/mol. The van der Waals surface area contributed by atoms with Gasteiger partial charge in [-0.25, -0.2) is 19.6 Å². The number of aliphatic hydroxyl groups is 1. The summed E-state index contributed by atoms with van der Waals surface area (Å²) in [5, 5.41) is 12.4. The zero-order valence-corrected chi connectivity index (χ0v) is 11.3. The number of anilines is 2. The maximum absolute atomic E-state index is 13.4. The Hall–Kier alpha value is -1.47. The summed E-state index contributed by atoms with van der Waals surface area (Å²) in [6.07, 6.45) is -0.106. The lowest BCUT2D eigenvalue weighted by atomic mass is 9.89. The van der Waals surface area contributed by atoms with E-state index in [-0.39, 0.29) is 23.6 Å². The molecular weight excluding hydrogens is 254 g/mol. The number of hydrogen-bond acceptors (Lipinski definition) is 5. The number of nitrogens with one attached hydrogen (secondary N) is 2. The third-order valence-electron chi connectivity index (χ3n) is 2.42. The summed E-state index contributed by atoms with van der Waals surface area (Å²) in [4.78, 5) is 3.65. The van der Waals surface area contributed by atoms with Crippen molar-refractivity contribution < 1.29 is 13.9 Å². The fraction of sp³-hybridized carbons (Fsp3) is 0.583. The maximum atomic E-state index is 13.4. The quantitative estimate of drug-likeness (QED) is 0.486. The predicted octanol–water partition coefficient (Wildman–Crippen LogP) is 1.85. The van der Waals surface area contributed by atoms with E-state index in [2.05, 4.69) is 10.3 Å². The van der Waals surface area contributed by atoms with E-state index in [1.807, 2.05) is 26.2 Å². The molecule has 108 valence electrons. The van der Waals surface area contributed by atoms with Crippen molar-refractivity contribution in [3.8, 4) is 0 Å². The maximum Gasteiger partial charge on any atom is 0.178 e. The van der Waals surface area contributed by atoms with Crippen molar-refractivity contribution >= 4 is 11.6 Å². The van der Waals surface area contributed by atoms with Crippen LogP contribution >= 0.6 is 0 Å². The fourth-order valence-electron chi connectivity index (χ4n) is 1.69. The van der Waals surface area contributed by atoms with E-state index in [9.17, 15) is 13.9 Å². The second kappa shape index (κ2) is 6.12. The summed E-state index contributed by atoms with van der Waals surface area (Å²) in [5.41, 5.74) is 1.99. The van der Waals surface area contributed by atoms with E-state index in [1.54, 1.807) is 0 Å². The molecule has 7 heteroatoms. The number of hydrazine groups is 1. The van der Waals surface area contributed by atoms with Gasteiger partial charge in [0.2, 0.25) is 0 Å². The second-order valence-corrected chi connectivity index (χ2v) is 5.59. The molecule has 0 aliphatic heterocycles. The first-order valence-corrected chi connectivity index (χ1v) is 5.97. The zero-order chi connectivity index (χ0) is 14.6. The minimum absolute atomic E-state index is 0.0418. The molecule has 0 aromatic carbocycles. The van der Waals surface area contributed by atoms with Gasteiger partial charge in [0, 0.05) is 12.6 Å². The Morgan fingerprint density at radius 3 is 2.42 bits per heavy atom. The molecule has 0 aliphatic rings. The molecule has 0 fully saturated rings. The van der Waals surface area contributed by atoms with Crippen molar-refractivity contribution in [1.82, 2.24) is 4.98 Å². The standard InChI is InChI=1S/C12H20F2N4O/c1-12(2,3)5-7(19)6-16-10-8(13)4-9(14)11(17-10)18-15/h4,7,19H,5-6,15H2,1-3H3,(H2,16,17,18). The Balaban J connectivity index is 2.67. The Morgan fingerprint density at radius 1 is 1.32 bits per heavy atom. The first-order valence-electron chi connectivity index (χ1n) is 5.97. The zero-order valence-electron chi connectivity index (χ0n) is 11.3. The SMILES string of the molecule is CC(C)(C)CC(O)CNc1nc(NN)c(F)cc1F. The Kier molecular flexibility index (Phi) is 5.02. The molecule has 0 bridgehead atoms. The van der Waals surface area contributed by atoms with Crippen LogP contribution in [0, 0.1) is 17.0 Å². The minimum atomic E-state index is -0.874. The van der Waals surface area contributed by atoms with Crippen molar-refractivity contribution in [2.45, 2.75) is 33.3 Å². The largest absolute Gasteiger partial charge is 0.391 e. The van der Waals surface area contributed by atoms with Crippen LogP contribution in [0.25, 0.3) is 0 Å². The van der Waals surface area contributed by atoms with Crippen LogP contribution in [0.4, 0.5) is 20.4 Å². The first kappa shape index (κ1) is 15.6. The van der Waals surface area contributed by atoms with Gasteiger partial charge >= 0.3 is 0 Å². The van der Waals surface area contributed by atoms with Crippen LogP contribution in [-0.2, 0) is 0 Å². The topological polar surface area (TPSA) is 83.2 Å². The van der Waals surface area contributed by atoms with Crippen molar-refractivity contribution in [2.24, 2.45) is 11.3 Å². The van der Waals surface area contributed by atoms with E-state index in [0.29, 0.717) is 12.5 Å². The van der Waals surface area contributed by atoms with Gasteiger partial charge < -0.3 is 15.8 Å². The predicted molar refractivity (Wildman–Crippen MR) is 70.5 cm³/mol. The molecule has 0 saturated heterocycles. The first-order chi connectivity index (χ1) is 8.73. The molecule has 5 nitrogen and oxygen atoms in total. The van der Waals surface area contributed by atoms with Gasteiger partial charge in [0.1, 0.15) is 0 Å². The molecule has 1 rings (SSSR count). The molecule has 0 radical (unpaired) electrons. The Bertz CT molecular complexity index is 434. The van der Waals surface area contributed by atoms with Crippen LogP contribution in [0.1, 0.15) is 27.2 Å². The highest BCUT2D eigenvalue weighted by Gasteiger charge is 2.18. The number of nitrogens with zero attached hydrogens (tertiary/aromatic N) is 1. The van der Waals surface area contributed by atoms with Gasteiger partial charge in [0.15, 0.2) is 23.3 Å². The van der Waals surface area contributed by atoms with Gasteiger partial charge in [-0.1, -0.05) is 20.8 Å². The smallest absolute Gasteiger partial charge is 0.178 e. The highest BCUT2D eigenvalue weighted by Crippen LogP contribution is 2.22. The number of rotatable bonds is 5. The van der Waals surface area contributed by atoms with Gasteiger partial charge in [-0.2, -0.15) is 0 Å². The molecule has 1 aromatic heterocycles. The molecule has 0 spiro atoms. The molecule has 0 amide bonds. The number of halogens is 2. The van der Waals surface area contributed by atoms with Crippen LogP contribution < -0.4 is 16.6 Å². The Labute approximate surface area is 111 Å². The molecule has 1 heterocycles. The van der Waals surface area contributed by atoms with Crippen LogP contribution in [0.15, 0.2) is 6.07 Å². The lowest BCUT2D eigenvalue weighted by Gasteiger charge is -2.22. The molecule has 5 N–H and O–H groups in total. The summed E-state index contributed by atoms with van der Waals surface area (Å²) in [7, 11) is 0. The van der Waals surface area contributed by atoms with Gasteiger partial charge in [-0.15, -0.1) is 0 Å².